The van der Waals surface area contributed by atoms with Crippen LogP contribution in [0.3, 0.4) is 0 Å². The average Bonchev–Trinajstić information content (AvgIpc) is 3.52. The van der Waals surface area contributed by atoms with Gasteiger partial charge >= 0.3 is 0 Å². The minimum atomic E-state index is -0.238. The monoisotopic (exact) mass is 449 g/mol. The number of nitrogens with zero attached hydrogens (tertiary/aromatic N) is 3. The third-order valence-corrected chi connectivity index (χ3v) is 6.94. The number of hydrogen-bond acceptors (Lipinski definition) is 6. The molecule has 2 aliphatic rings. The van der Waals surface area contributed by atoms with E-state index in [0.29, 0.717) is 29.5 Å². The molecule has 2 fully saturated rings. The maximum absolute atomic E-state index is 13.7. The van der Waals surface area contributed by atoms with Gasteiger partial charge in [-0.1, -0.05) is 29.5 Å². The topological polar surface area (TPSA) is 79.8 Å². The number of thiazole rings is 1. The zero-order valence-corrected chi connectivity index (χ0v) is 18.6. The first-order chi connectivity index (χ1) is 15.5. The van der Waals surface area contributed by atoms with Gasteiger partial charge in [-0.15, -0.1) is 0 Å². The van der Waals surface area contributed by atoms with Gasteiger partial charge in [0.15, 0.2) is 5.13 Å². The van der Waals surface area contributed by atoms with Gasteiger partial charge in [0.1, 0.15) is 0 Å². The van der Waals surface area contributed by atoms with Gasteiger partial charge in [0.25, 0.3) is 5.91 Å². The summed E-state index contributed by atoms with van der Waals surface area (Å²) in [5.74, 6) is -0.701. The predicted octanol–water partition coefficient (Wildman–Crippen LogP) is 4.08. The fourth-order valence-electron chi connectivity index (χ4n) is 4.23. The van der Waals surface area contributed by atoms with Crippen molar-refractivity contribution in [2.45, 2.75) is 38.7 Å². The van der Waals surface area contributed by atoms with E-state index < -0.39 is 0 Å². The van der Waals surface area contributed by atoms with Gasteiger partial charge in [0, 0.05) is 25.0 Å². The Labute approximate surface area is 189 Å². The molecule has 0 N–H and O–H groups in total. The number of carbonyl (C=O) groups is 3. The predicted molar refractivity (Wildman–Crippen MR) is 123 cm³/mol. The maximum Gasteiger partial charge on any atom is 0.260 e. The summed E-state index contributed by atoms with van der Waals surface area (Å²) in [7, 11) is 0. The first-order valence-corrected chi connectivity index (χ1v) is 11.6. The minimum absolute atomic E-state index is 0.0445. The Morgan fingerprint density at radius 2 is 1.97 bits per heavy atom. The number of aryl methyl sites for hydroxylation is 1. The van der Waals surface area contributed by atoms with E-state index >= 15 is 0 Å². The van der Waals surface area contributed by atoms with E-state index in [1.165, 1.54) is 16.2 Å². The molecular weight excluding hydrogens is 426 g/mol. The highest BCUT2D eigenvalue weighted by Gasteiger charge is 2.32. The standard InChI is InChI=1S/C24H23N3O4S/c1-15-5-2-9-19-22(15)25-24(32-19)26(14-18-8-4-12-31-18)23(30)16-6-3-7-17(13-16)27-20(28)10-11-21(27)29/h2-3,5-7,9,13,18H,4,8,10-12,14H2,1H3. The van der Waals surface area contributed by atoms with Crippen LogP contribution in [0.4, 0.5) is 10.8 Å². The molecule has 0 spiro atoms. The molecule has 32 heavy (non-hydrogen) atoms. The molecule has 8 heteroatoms. The first kappa shape index (κ1) is 20.8. The number of imide groups is 1. The van der Waals surface area contributed by atoms with Gasteiger partial charge in [-0.3, -0.25) is 24.2 Å². The number of para-hydroxylation sites is 1. The Hall–Kier alpha value is -3.10. The van der Waals surface area contributed by atoms with E-state index in [4.69, 9.17) is 9.72 Å². The molecule has 2 aliphatic heterocycles. The molecule has 2 saturated heterocycles. The third-order valence-electron chi connectivity index (χ3n) is 5.90. The molecule has 3 amide bonds. The van der Waals surface area contributed by atoms with Gasteiger partial charge in [-0.2, -0.15) is 0 Å². The molecule has 1 aromatic heterocycles. The molecule has 0 radical (unpaired) electrons. The number of anilines is 2. The van der Waals surface area contributed by atoms with Crippen molar-refractivity contribution in [1.82, 2.24) is 4.98 Å². The lowest BCUT2D eigenvalue weighted by Crippen LogP contribution is -2.37. The van der Waals surface area contributed by atoms with E-state index in [2.05, 4.69) is 0 Å². The summed E-state index contributed by atoms with van der Waals surface area (Å²) in [4.78, 5) is 45.6. The van der Waals surface area contributed by atoms with Gasteiger partial charge in [0.05, 0.1) is 28.6 Å². The highest BCUT2D eigenvalue weighted by molar-refractivity contribution is 7.22. The zero-order valence-electron chi connectivity index (χ0n) is 17.7. The van der Waals surface area contributed by atoms with Gasteiger partial charge in [-0.05, 0) is 49.6 Å². The third kappa shape index (κ3) is 3.80. The molecular formula is C24H23N3O4S. The number of fused-ring (bicyclic) bond motifs is 1. The SMILES string of the molecule is Cc1cccc2sc(N(CC3CCCO3)C(=O)c3cccc(N4C(=O)CCC4=O)c3)nc12. The Kier molecular flexibility index (Phi) is 5.48. The molecule has 1 unspecified atom stereocenters. The largest absolute Gasteiger partial charge is 0.376 e. The Morgan fingerprint density at radius 3 is 2.69 bits per heavy atom. The molecule has 3 aromatic rings. The van der Waals surface area contributed by atoms with Crippen LogP contribution in [0.25, 0.3) is 10.2 Å². The minimum Gasteiger partial charge on any atom is -0.376 e. The highest BCUT2D eigenvalue weighted by Crippen LogP contribution is 2.33. The number of hydrogen-bond donors (Lipinski definition) is 0. The lowest BCUT2D eigenvalue weighted by molar-refractivity contribution is -0.121. The van der Waals surface area contributed by atoms with Crippen LogP contribution in [0.1, 0.15) is 41.6 Å². The van der Waals surface area contributed by atoms with Gasteiger partial charge in [-0.25, -0.2) is 4.98 Å². The number of carbonyl (C=O) groups excluding carboxylic acids is 3. The van der Waals surface area contributed by atoms with Gasteiger partial charge < -0.3 is 4.74 Å². The molecule has 0 bridgehead atoms. The van der Waals surface area contributed by atoms with Crippen LogP contribution >= 0.6 is 11.3 Å². The Morgan fingerprint density at radius 1 is 1.19 bits per heavy atom. The van der Waals surface area contributed by atoms with Crippen molar-refractivity contribution in [3.8, 4) is 0 Å². The summed E-state index contributed by atoms with van der Waals surface area (Å²) >= 11 is 1.48. The van der Waals surface area contributed by atoms with E-state index in [9.17, 15) is 14.4 Å². The van der Waals surface area contributed by atoms with Crippen molar-refractivity contribution in [3.05, 3.63) is 53.6 Å². The Bertz CT molecular complexity index is 1200. The summed E-state index contributed by atoms with van der Waals surface area (Å²) in [5.41, 5.74) is 2.78. The van der Waals surface area contributed by atoms with Crippen molar-refractivity contribution in [3.63, 3.8) is 0 Å². The summed E-state index contributed by atoms with van der Waals surface area (Å²) < 4.78 is 6.83. The number of ether oxygens (including phenoxy) is 1. The van der Waals surface area contributed by atoms with Crippen molar-refractivity contribution in [2.75, 3.05) is 23.0 Å². The van der Waals surface area contributed by atoms with E-state index in [1.807, 2.05) is 25.1 Å². The zero-order chi connectivity index (χ0) is 22.2. The second-order valence-electron chi connectivity index (χ2n) is 8.14. The number of amides is 3. The number of rotatable bonds is 5. The van der Waals surface area contributed by atoms with Crippen molar-refractivity contribution >= 4 is 50.1 Å². The maximum atomic E-state index is 13.7. The van der Waals surface area contributed by atoms with Crippen molar-refractivity contribution in [2.24, 2.45) is 0 Å². The number of aromatic nitrogens is 1. The first-order valence-electron chi connectivity index (χ1n) is 10.8. The van der Waals surface area contributed by atoms with Crippen LogP contribution in [-0.2, 0) is 14.3 Å². The molecule has 1 atom stereocenters. The molecule has 3 heterocycles. The quantitative estimate of drug-likeness (QED) is 0.548. The highest BCUT2D eigenvalue weighted by atomic mass is 32.1. The molecule has 164 valence electrons. The van der Waals surface area contributed by atoms with Crippen molar-refractivity contribution < 1.29 is 19.1 Å². The smallest absolute Gasteiger partial charge is 0.260 e. The van der Waals surface area contributed by atoms with Crippen LogP contribution in [0.2, 0.25) is 0 Å². The molecule has 0 aliphatic carbocycles. The fraction of sp³-hybridized carbons (Fsp3) is 0.333. The summed E-state index contributed by atoms with van der Waals surface area (Å²) in [6, 6.07) is 12.7. The molecule has 5 rings (SSSR count). The van der Waals surface area contributed by atoms with E-state index in [0.717, 1.165) is 28.6 Å². The second-order valence-corrected chi connectivity index (χ2v) is 9.15. The summed E-state index contributed by atoms with van der Waals surface area (Å²) in [5, 5.41) is 0.619. The lowest BCUT2D eigenvalue weighted by Gasteiger charge is -2.23. The van der Waals surface area contributed by atoms with Crippen LogP contribution in [0, 0.1) is 6.92 Å². The Balaban J connectivity index is 1.51. The van der Waals surface area contributed by atoms with Crippen molar-refractivity contribution in [1.29, 1.82) is 0 Å². The normalized spacial score (nSPS) is 18.7. The molecule has 7 nitrogen and oxygen atoms in total. The summed E-state index contributed by atoms with van der Waals surface area (Å²) in [6.45, 7) is 3.11. The fourth-order valence-corrected chi connectivity index (χ4v) is 5.28. The van der Waals surface area contributed by atoms with E-state index in [1.54, 1.807) is 29.2 Å². The van der Waals surface area contributed by atoms with Crippen LogP contribution in [-0.4, -0.2) is 42.0 Å². The molecule has 2 aromatic carbocycles. The van der Waals surface area contributed by atoms with Crippen LogP contribution < -0.4 is 9.80 Å². The summed E-state index contributed by atoms with van der Waals surface area (Å²) in [6.07, 6.45) is 2.22. The lowest BCUT2D eigenvalue weighted by atomic mass is 10.1. The number of benzene rings is 2. The molecule has 0 saturated carbocycles. The average molecular weight is 450 g/mol. The van der Waals surface area contributed by atoms with E-state index in [-0.39, 0.29) is 36.7 Å². The van der Waals surface area contributed by atoms with Crippen LogP contribution in [0.15, 0.2) is 42.5 Å². The van der Waals surface area contributed by atoms with Crippen LogP contribution in [0.5, 0.6) is 0 Å². The second kappa shape index (κ2) is 8.44. The van der Waals surface area contributed by atoms with Gasteiger partial charge in [0.2, 0.25) is 11.8 Å².